The van der Waals surface area contributed by atoms with Gasteiger partial charge in [0.05, 0.1) is 7.11 Å². The quantitative estimate of drug-likeness (QED) is 0.235. The Morgan fingerprint density at radius 1 is 0.500 bits per heavy atom. The number of methoxy groups -OCH3 is 1. The summed E-state index contributed by atoms with van der Waals surface area (Å²) in [6, 6.07) is 28.5. The molecule has 0 saturated heterocycles. The first-order valence-electron chi connectivity index (χ1n) is 8.92. The lowest BCUT2D eigenvalue weighted by Crippen LogP contribution is -1.91. The van der Waals surface area contributed by atoms with Crippen LogP contribution in [0.3, 0.4) is 0 Å². The zero-order valence-electron chi connectivity index (χ0n) is 14.4. The van der Waals surface area contributed by atoms with Gasteiger partial charge < -0.3 is 4.74 Å². The Morgan fingerprint density at radius 2 is 1.08 bits per heavy atom. The third-order valence-corrected chi connectivity index (χ3v) is 5.65. The molecular weight excluding hydrogens is 316 g/mol. The van der Waals surface area contributed by atoms with Crippen LogP contribution in [0.4, 0.5) is 0 Å². The van der Waals surface area contributed by atoms with E-state index in [2.05, 4.69) is 78.9 Å². The largest absolute Gasteiger partial charge is 0.496 e. The molecule has 0 bridgehead atoms. The van der Waals surface area contributed by atoms with E-state index in [4.69, 9.17) is 4.74 Å². The first-order chi connectivity index (χ1) is 12.9. The van der Waals surface area contributed by atoms with Crippen molar-refractivity contribution in [3.8, 4) is 5.75 Å². The van der Waals surface area contributed by atoms with Crippen LogP contribution < -0.4 is 4.74 Å². The summed E-state index contributed by atoms with van der Waals surface area (Å²) in [6.07, 6.45) is 0. The van der Waals surface area contributed by atoms with Gasteiger partial charge in [0.2, 0.25) is 0 Å². The Bertz CT molecular complexity index is 1450. The Kier molecular flexibility index (Phi) is 2.60. The second-order valence-electron chi connectivity index (χ2n) is 6.92. The summed E-state index contributed by atoms with van der Waals surface area (Å²) in [6.45, 7) is 0. The molecule has 0 unspecified atom stereocenters. The van der Waals surface area contributed by atoms with Crippen LogP contribution in [0.25, 0.3) is 53.9 Å². The van der Waals surface area contributed by atoms with Crippen LogP contribution in [-0.4, -0.2) is 7.11 Å². The Balaban J connectivity index is 2.11. The smallest absolute Gasteiger partial charge is 0.127 e. The molecule has 0 aliphatic heterocycles. The van der Waals surface area contributed by atoms with Crippen LogP contribution >= 0.6 is 0 Å². The fourth-order valence-electron chi connectivity index (χ4n) is 4.64. The summed E-state index contributed by atoms with van der Waals surface area (Å²) in [5.41, 5.74) is 0. The predicted molar refractivity (Wildman–Crippen MR) is 112 cm³/mol. The maximum atomic E-state index is 5.77. The third-order valence-electron chi connectivity index (χ3n) is 5.65. The maximum absolute atomic E-state index is 5.77. The van der Waals surface area contributed by atoms with Crippen LogP contribution in [-0.2, 0) is 0 Å². The zero-order chi connectivity index (χ0) is 17.3. The maximum Gasteiger partial charge on any atom is 0.127 e. The molecule has 0 spiro atoms. The van der Waals surface area contributed by atoms with Crippen molar-refractivity contribution in [3.63, 3.8) is 0 Å². The average molecular weight is 332 g/mol. The van der Waals surface area contributed by atoms with Crippen LogP contribution in [0.2, 0.25) is 0 Å². The first kappa shape index (κ1) is 13.9. The average Bonchev–Trinajstić information content (AvgIpc) is 2.70. The summed E-state index contributed by atoms with van der Waals surface area (Å²) in [5.74, 6) is 0.936. The summed E-state index contributed by atoms with van der Waals surface area (Å²) in [4.78, 5) is 0. The molecule has 26 heavy (non-hydrogen) atoms. The highest BCUT2D eigenvalue weighted by Gasteiger charge is 2.16. The second kappa shape index (κ2) is 4.86. The molecule has 1 nitrogen and oxygen atoms in total. The van der Waals surface area contributed by atoms with Crippen molar-refractivity contribution in [3.05, 3.63) is 78.9 Å². The molecule has 1 heteroatoms. The molecule has 0 aromatic heterocycles. The number of benzene rings is 6. The van der Waals surface area contributed by atoms with Gasteiger partial charge in [-0.25, -0.2) is 0 Å². The van der Waals surface area contributed by atoms with Crippen molar-refractivity contribution in [1.29, 1.82) is 0 Å². The summed E-state index contributed by atoms with van der Waals surface area (Å²) in [7, 11) is 1.76. The van der Waals surface area contributed by atoms with Gasteiger partial charge in [-0.1, -0.05) is 66.7 Å². The van der Waals surface area contributed by atoms with E-state index in [9.17, 15) is 0 Å². The molecule has 0 heterocycles. The highest BCUT2D eigenvalue weighted by Crippen LogP contribution is 2.45. The SMILES string of the molecule is COc1cccc2cc3cccc4c5cccc6cccc(c65)c(c12)c34. The van der Waals surface area contributed by atoms with Gasteiger partial charge in [-0.05, 0) is 55.2 Å². The van der Waals surface area contributed by atoms with E-state index < -0.39 is 0 Å². The van der Waals surface area contributed by atoms with Crippen molar-refractivity contribution in [2.45, 2.75) is 0 Å². The molecule has 0 atom stereocenters. The number of fused-ring (bicyclic) bond motifs is 4. The minimum absolute atomic E-state index is 0.936. The molecule has 0 radical (unpaired) electrons. The van der Waals surface area contributed by atoms with Crippen molar-refractivity contribution in [1.82, 2.24) is 0 Å². The minimum atomic E-state index is 0.936. The Hall–Kier alpha value is -3.32. The van der Waals surface area contributed by atoms with E-state index in [-0.39, 0.29) is 0 Å². The fraction of sp³-hybridized carbons (Fsp3) is 0.0400. The summed E-state index contributed by atoms with van der Waals surface area (Å²) >= 11 is 0. The van der Waals surface area contributed by atoms with Gasteiger partial charge in [0, 0.05) is 10.8 Å². The van der Waals surface area contributed by atoms with Crippen molar-refractivity contribution < 1.29 is 4.74 Å². The number of ether oxygens (including phenoxy) is 1. The van der Waals surface area contributed by atoms with Crippen LogP contribution in [0.5, 0.6) is 5.75 Å². The van der Waals surface area contributed by atoms with Crippen molar-refractivity contribution in [2.24, 2.45) is 0 Å². The van der Waals surface area contributed by atoms with E-state index in [1.54, 1.807) is 7.11 Å². The van der Waals surface area contributed by atoms with E-state index in [1.165, 1.54) is 53.9 Å². The van der Waals surface area contributed by atoms with E-state index in [0.29, 0.717) is 0 Å². The van der Waals surface area contributed by atoms with Crippen LogP contribution in [0.15, 0.2) is 78.9 Å². The lowest BCUT2D eigenvalue weighted by atomic mass is 9.87. The third kappa shape index (κ3) is 1.60. The molecule has 6 aromatic rings. The van der Waals surface area contributed by atoms with E-state index >= 15 is 0 Å². The molecular formula is C25H16O. The predicted octanol–water partition coefficient (Wildman–Crippen LogP) is 6.90. The van der Waals surface area contributed by atoms with Crippen molar-refractivity contribution >= 4 is 53.9 Å². The van der Waals surface area contributed by atoms with Crippen LogP contribution in [0, 0.1) is 0 Å². The molecule has 0 aliphatic carbocycles. The van der Waals surface area contributed by atoms with Gasteiger partial charge in [-0.15, -0.1) is 0 Å². The van der Waals surface area contributed by atoms with Gasteiger partial charge in [0.15, 0.2) is 0 Å². The Labute approximate surface area is 150 Å². The normalized spacial score (nSPS) is 12.0. The molecule has 6 rings (SSSR count). The number of hydrogen-bond acceptors (Lipinski definition) is 1. The highest BCUT2D eigenvalue weighted by atomic mass is 16.5. The zero-order valence-corrected chi connectivity index (χ0v) is 14.4. The van der Waals surface area contributed by atoms with Gasteiger partial charge in [0.25, 0.3) is 0 Å². The highest BCUT2D eigenvalue weighted by molar-refractivity contribution is 6.38. The second-order valence-corrected chi connectivity index (χ2v) is 6.92. The fourth-order valence-corrected chi connectivity index (χ4v) is 4.64. The van der Waals surface area contributed by atoms with Gasteiger partial charge in [-0.3, -0.25) is 0 Å². The molecule has 0 N–H and O–H groups in total. The number of hydrogen-bond donors (Lipinski definition) is 0. The van der Waals surface area contributed by atoms with Gasteiger partial charge in [0.1, 0.15) is 5.75 Å². The lowest BCUT2D eigenvalue weighted by Gasteiger charge is -2.17. The van der Waals surface area contributed by atoms with Gasteiger partial charge >= 0.3 is 0 Å². The number of rotatable bonds is 1. The molecule has 122 valence electrons. The van der Waals surface area contributed by atoms with Crippen LogP contribution in [0.1, 0.15) is 0 Å². The lowest BCUT2D eigenvalue weighted by molar-refractivity contribution is 0.420. The topological polar surface area (TPSA) is 9.23 Å². The summed E-state index contributed by atoms with van der Waals surface area (Å²) < 4.78 is 5.77. The van der Waals surface area contributed by atoms with E-state index in [1.807, 2.05) is 0 Å². The summed E-state index contributed by atoms with van der Waals surface area (Å²) in [5, 5.41) is 12.9. The molecule has 0 aliphatic rings. The monoisotopic (exact) mass is 332 g/mol. The standard InChI is InChI=1S/C25H16O/c1-26-21-13-5-9-17-14-16-8-4-11-19-18-10-2-6-15-7-3-12-20(22(15)18)25(23(16)19)24(17)21/h2-14H,1H3. The minimum Gasteiger partial charge on any atom is -0.496 e. The molecule has 6 aromatic carbocycles. The molecule has 0 amide bonds. The van der Waals surface area contributed by atoms with Crippen molar-refractivity contribution in [2.75, 3.05) is 7.11 Å². The molecule has 0 fully saturated rings. The first-order valence-corrected chi connectivity index (χ1v) is 8.92. The Morgan fingerprint density at radius 3 is 1.81 bits per heavy atom. The molecule has 0 saturated carbocycles. The van der Waals surface area contributed by atoms with E-state index in [0.717, 1.165) is 5.75 Å². The van der Waals surface area contributed by atoms with Gasteiger partial charge in [-0.2, -0.15) is 0 Å².